The van der Waals surface area contributed by atoms with Gasteiger partial charge in [0.2, 0.25) is 10.0 Å². The molecule has 1 unspecified atom stereocenters. The molecule has 0 bridgehead atoms. The maximum atomic E-state index is 12.6. The van der Waals surface area contributed by atoms with E-state index in [2.05, 4.69) is 0 Å². The van der Waals surface area contributed by atoms with Crippen molar-refractivity contribution >= 4 is 21.6 Å². The SMILES string of the molecule is COc1ccc(S(=O)(=O)N2CCC(C(C)N)CC2)cc1Cl. The van der Waals surface area contributed by atoms with Crippen LogP contribution in [-0.4, -0.2) is 39.0 Å². The molecule has 1 aliphatic heterocycles. The molecule has 1 aromatic rings. The maximum Gasteiger partial charge on any atom is 0.243 e. The number of methoxy groups -OCH3 is 1. The molecule has 1 heterocycles. The summed E-state index contributed by atoms with van der Waals surface area (Å²) >= 11 is 6.01. The molecule has 0 saturated carbocycles. The molecule has 0 aliphatic carbocycles. The van der Waals surface area contributed by atoms with Gasteiger partial charge in [-0.3, -0.25) is 0 Å². The minimum Gasteiger partial charge on any atom is -0.495 e. The van der Waals surface area contributed by atoms with Crippen molar-refractivity contribution in [1.29, 1.82) is 0 Å². The van der Waals surface area contributed by atoms with Crippen LogP contribution in [0.2, 0.25) is 5.02 Å². The fraction of sp³-hybridized carbons (Fsp3) is 0.571. The predicted octanol–water partition coefficient (Wildman–Crippen LogP) is 2.10. The Morgan fingerprint density at radius 3 is 2.48 bits per heavy atom. The molecule has 0 spiro atoms. The van der Waals surface area contributed by atoms with E-state index in [-0.39, 0.29) is 10.9 Å². The molecule has 1 saturated heterocycles. The van der Waals surface area contributed by atoms with Crippen molar-refractivity contribution in [1.82, 2.24) is 4.31 Å². The summed E-state index contributed by atoms with van der Waals surface area (Å²) in [6, 6.07) is 4.64. The molecule has 2 N–H and O–H groups in total. The van der Waals surface area contributed by atoms with Gasteiger partial charge in [0.15, 0.2) is 0 Å². The molecule has 0 amide bonds. The number of piperidine rings is 1. The number of hydrogen-bond donors (Lipinski definition) is 1. The zero-order chi connectivity index (χ0) is 15.6. The Hall–Kier alpha value is -0.820. The van der Waals surface area contributed by atoms with Gasteiger partial charge in [-0.2, -0.15) is 4.31 Å². The largest absolute Gasteiger partial charge is 0.495 e. The second-order valence-corrected chi connectivity index (χ2v) is 7.74. The van der Waals surface area contributed by atoms with E-state index >= 15 is 0 Å². The van der Waals surface area contributed by atoms with Crippen LogP contribution in [0.1, 0.15) is 19.8 Å². The highest BCUT2D eigenvalue weighted by atomic mass is 35.5. The van der Waals surface area contributed by atoms with Crippen LogP contribution >= 0.6 is 11.6 Å². The number of hydrogen-bond acceptors (Lipinski definition) is 4. The van der Waals surface area contributed by atoms with Crippen LogP contribution in [0.4, 0.5) is 0 Å². The van der Waals surface area contributed by atoms with Crippen molar-refractivity contribution in [3.05, 3.63) is 23.2 Å². The monoisotopic (exact) mass is 332 g/mol. The summed E-state index contributed by atoms with van der Waals surface area (Å²) in [6.45, 7) is 2.97. The van der Waals surface area contributed by atoms with Crippen molar-refractivity contribution < 1.29 is 13.2 Å². The third-order valence-corrected chi connectivity index (χ3v) is 6.19. The molecule has 1 atom stereocenters. The molecule has 0 aromatic heterocycles. The van der Waals surface area contributed by atoms with E-state index in [0.29, 0.717) is 29.8 Å². The van der Waals surface area contributed by atoms with Crippen molar-refractivity contribution in [3.63, 3.8) is 0 Å². The van der Waals surface area contributed by atoms with Crippen LogP contribution in [0, 0.1) is 5.92 Å². The van der Waals surface area contributed by atoms with Crippen LogP contribution in [0.3, 0.4) is 0 Å². The minimum absolute atomic E-state index is 0.102. The summed E-state index contributed by atoms with van der Waals surface area (Å²) in [4.78, 5) is 0.201. The lowest BCUT2D eigenvalue weighted by Gasteiger charge is -2.33. The van der Waals surface area contributed by atoms with Gasteiger partial charge in [-0.05, 0) is 43.9 Å². The Kier molecular flexibility index (Phi) is 5.14. The summed E-state index contributed by atoms with van der Waals surface area (Å²) in [7, 11) is -2.01. The fourth-order valence-corrected chi connectivity index (χ4v) is 4.42. The minimum atomic E-state index is -3.51. The van der Waals surface area contributed by atoms with Gasteiger partial charge < -0.3 is 10.5 Å². The highest BCUT2D eigenvalue weighted by Crippen LogP contribution is 2.30. The second kappa shape index (κ2) is 6.52. The first-order valence-corrected chi connectivity index (χ1v) is 8.77. The van der Waals surface area contributed by atoms with Crippen molar-refractivity contribution in [3.8, 4) is 5.75 Å². The number of halogens is 1. The van der Waals surface area contributed by atoms with Crippen LogP contribution in [0.15, 0.2) is 23.1 Å². The predicted molar refractivity (Wildman–Crippen MR) is 83.1 cm³/mol. The molecule has 118 valence electrons. The molecular weight excluding hydrogens is 312 g/mol. The zero-order valence-electron chi connectivity index (χ0n) is 12.3. The molecule has 2 rings (SSSR count). The third kappa shape index (κ3) is 3.51. The lowest BCUT2D eigenvalue weighted by atomic mass is 9.92. The van der Waals surface area contributed by atoms with Gasteiger partial charge in [0.1, 0.15) is 5.75 Å². The van der Waals surface area contributed by atoms with Crippen molar-refractivity contribution in [2.45, 2.75) is 30.7 Å². The summed E-state index contributed by atoms with van der Waals surface area (Å²) in [6.07, 6.45) is 1.58. The first-order valence-electron chi connectivity index (χ1n) is 6.95. The van der Waals surface area contributed by atoms with Gasteiger partial charge >= 0.3 is 0 Å². The first kappa shape index (κ1) is 16.5. The van der Waals surface area contributed by atoms with Crippen LogP contribution in [0.5, 0.6) is 5.75 Å². The van der Waals surface area contributed by atoms with Gasteiger partial charge in [-0.1, -0.05) is 11.6 Å². The maximum absolute atomic E-state index is 12.6. The van der Waals surface area contributed by atoms with Crippen LogP contribution in [-0.2, 0) is 10.0 Å². The molecule has 1 fully saturated rings. The van der Waals surface area contributed by atoms with Crippen molar-refractivity contribution in [2.24, 2.45) is 11.7 Å². The number of sulfonamides is 1. The number of nitrogens with two attached hydrogens (primary N) is 1. The Labute approximate surface area is 131 Å². The summed E-state index contributed by atoms with van der Waals surface area (Å²) in [5.41, 5.74) is 5.89. The summed E-state index contributed by atoms with van der Waals surface area (Å²) < 4.78 is 31.8. The summed E-state index contributed by atoms with van der Waals surface area (Å²) in [5.74, 6) is 0.849. The lowest BCUT2D eigenvalue weighted by Crippen LogP contribution is -2.42. The number of ether oxygens (including phenoxy) is 1. The topological polar surface area (TPSA) is 72.6 Å². The van der Waals surface area contributed by atoms with E-state index in [4.69, 9.17) is 22.1 Å². The molecule has 21 heavy (non-hydrogen) atoms. The molecule has 7 heteroatoms. The Morgan fingerprint density at radius 1 is 1.38 bits per heavy atom. The highest BCUT2D eigenvalue weighted by molar-refractivity contribution is 7.89. The van der Waals surface area contributed by atoms with Crippen molar-refractivity contribution in [2.75, 3.05) is 20.2 Å². The standard InChI is InChI=1S/C14H21ClN2O3S/c1-10(16)11-5-7-17(8-6-11)21(18,19)12-3-4-14(20-2)13(15)9-12/h3-4,9-11H,5-8,16H2,1-2H3. The molecule has 5 nitrogen and oxygen atoms in total. The molecule has 1 aliphatic rings. The quantitative estimate of drug-likeness (QED) is 0.916. The van der Waals surface area contributed by atoms with E-state index < -0.39 is 10.0 Å². The van der Waals surface area contributed by atoms with E-state index in [1.165, 1.54) is 23.5 Å². The average Bonchev–Trinajstić information content (AvgIpc) is 2.47. The van der Waals surface area contributed by atoms with Gasteiger partial charge in [0.05, 0.1) is 17.0 Å². The van der Waals surface area contributed by atoms with Gasteiger partial charge in [-0.25, -0.2) is 8.42 Å². The van der Waals surface area contributed by atoms with E-state index in [0.717, 1.165) is 12.8 Å². The Balaban J connectivity index is 2.17. The number of nitrogens with zero attached hydrogens (tertiary/aromatic N) is 1. The highest BCUT2D eigenvalue weighted by Gasteiger charge is 2.30. The fourth-order valence-electron chi connectivity index (χ4n) is 2.60. The van der Waals surface area contributed by atoms with Crippen LogP contribution < -0.4 is 10.5 Å². The zero-order valence-corrected chi connectivity index (χ0v) is 13.8. The average molecular weight is 333 g/mol. The van der Waals surface area contributed by atoms with E-state index in [9.17, 15) is 8.42 Å². The van der Waals surface area contributed by atoms with E-state index in [1.807, 2.05) is 6.92 Å². The first-order chi connectivity index (χ1) is 9.86. The Morgan fingerprint density at radius 2 is 2.00 bits per heavy atom. The van der Waals surface area contributed by atoms with E-state index in [1.54, 1.807) is 6.07 Å². The normalized spacial score (nSPS) is 19.4. The van der Waals surface area contributed by atoms with Gasteiger partial charge in [0, 0.05) is 19.1 Å². The third-order valence-electron chi connectivity index (χ3n) is 4.00. The number of benzene rings is 1. The summed E-state index contributed by atoms with van der Waals surface area (Å²) in [5, 5.41) is 0.295. The molecule has 0 radical (unpaired) electrons. The van der Waals surface area contributed by atoms with Gasteiger partial charge in [-0.15, -0.1) is 0 Å². The molecule has 1 aromatic carbocycles. The second-order valence-electron chi connectivity index (χ2n) is 5.40. The Bertz CT molecular complexity index is 596. The lowest BCUT2D eigenvalue weighted by molar-refractivity contribution is 0.250. The van der Waals surface area contributed by atoms with Crippen LogP contribution in [0.25, 0.3) is 0 Å². The van der Waals surface area contributed by atoms with Gasteiger partial charge in [0.25, 0.3) is 0 Å². The molecular formula is C14H21ClN2O3S. The smallest absolute Gasteiger partial charge is 0.243 e. The number of rotatable bonds is 4.